The van der Waals surface area contributed by atoms with Gasteiger partial charge in [-0.15, -0.1) is 0 Å². The first-order valence-corrected chi connectivity index (χ1v) is 8.22. The number of aromatic nitrogens is 6. The molecule has 0 unspecified atom stereocenters. The van der Waals surface area contributed by atoms with Crippen molar-refractivity contribution in [1.29, 1.82) is 0 Å². The molecule has 0 aliphatic rings. The number of hydrogen-bond donors (Lipinski definition) is 0. The van der Waals surface area contributed by atoms with Gasteiger partial charge in [-0.2, -0.15) is 10.2 Å². The van der Waals surface area contributed by atoms with Crippen molar-refractivity contribution in [3.63, 3.8) is 0 Å². The topological polar surface area (TPSA) is 61.4 Å². The minimum Gasteiger partial charge on any atom is -0.275 e. The highest BCUT2D eigenvalue weighted by atomic mass is 15.3. The van der Waals surface area contributed by atoms with E-state index in [4.69, 9.17) is 4.98 Å². The second kappa shape index (κ2) is 5.51. The Bertz CT molecular complexity index is 1090. The third-order valence-corrected chi connectivity index (χ3v) is 4.57. The third kappa shape index (κ3) is 2.50. The summed E-state index contributed by atoms with van der Waals surface area (Å²) in [5, 5.41) is 10.1. The fraction of sp³-hybridized carbons (Fsp3) is 0.263. The zero-order valence-electron chi connectivity index (χ0n) is 15.1. The molecule has 0 aromatic carbocycles. The molecule has 126 valence electrons. The van der Waals surface area contributed by atoms with Crippen LogP contribution in [0.4, 0.5) is 0 Å². The van der Waals surface area contributed by atoms with Crippen LogP contribution in [0, 0.1) is 20.8 Å². The van der Waals surface area contributed by atoms with Gasteiger partial charge in [0.15, 0.2) is 5.65 Å². The van der Waals surface area contributed by atoms with E-state index in [0.29, 0.717) is 0 Å². The highest BCUT2D eigenvalue weighted by molar-refractivity contribution is 5.96. The monoisotopic (exact) mass is 332 g/mol. The SMILES string of the molecule is Cc1ccc(-c2cc(-c3cn(C)nc3C)nc3nn(C)c(C)c23)nc1. The summed E-state index contributed by atoms with van der Waals surface area (Å²) in [5.74, 6) is 0. The van der Waals surface area contributed by atoms with E-state index in [9.17, 15) is 0 Å². The molecule has 4 heterocycles. The quantitative estimate of drug-likeness (QED) is 0.565. The standard InChI is InChI=1S/C19H20N6/c1-11-6-7-16(20-9-11)14-8-17(15-10-24(4)22-12(15)2)21-19-18(14)13(3)25(5)23-19/h6-10H,1-5H3. The second-order valence-corrected chi connectivity index (χ2v) is 6.49. The molecular weight excluding hydrogens is 312 g/mol. The fourth-order valence-electron chi connectivity index (χ4n) is 3.16. The third-order valence-electron chi connectivity index (χ3n) is 4.57. The Balaban J connectivity index is 2.05. The van der Waals surface area contributed by atoms with Crippen molar-refractivity contribution in [2.24, 2.45) is 14.1 Å². The molecule has 0 saturated heterocycles. The van der Waals surface area contributed by atoms with Gasteiger partial charge < -0.3 is 0 Å². The van der Waals surface area contributed by atoms with Crippen LogP contribution < -0.4 is 0 Å². The minimum atomic E-state index is 0.734. The predicted molar refractivity (Wildman–Crippen MR) is 98.2 cm³/mol. The van der Waals surface area contributed by atoms with Gasteiger partial charge in [-0.3, -0.25) is 14.3 Å². The first kappa shape index (κ1) is 15.5. The highest BCUT2D eigenvalue weighted by Crippen LogP contribution is 2.33. The van der Waals surface area contributed by atoms with E-state index in [1.54, 1.807) is 0 Å². The van der Waals surface area contributed by atoms with Crippen LogP contribution in [0.25, 0.3) is 33.5 Å². The fourth-order valence-corrected chi connectivity index (χ4v) is 3.16. The number of aryl methyl sites for hydroxylation is 5. The largest absolute Gasteiger partial charge is 0.275 e. The Morgan fingerprint density at radius 1 is 0.920 bits per heavy atom. The van der Waals surface area contributed by atoms with Crippen LogP contribution >= 0.6 is 0 Å². The lowest BCUT2D eigenvalue weighted by atomic mass is 10.0. The van der Waals surface area contributed by atoms with Crippen LogP contribution in [0.3, 0.4) is 0 Å². The summed E-state index contributed by atoms with van der Waals surface area (Å²) in [5.41, 5.74) is 7.76. The summed E-state index contributed by atoms with van der Waals surface area (Å²) in [6, 6.07) is 6.23. The van der Waals surface area contributed by atoms with Crippen molar-refractivity contribution in [2.75, 3.05) is 0 Å². The lowest BCUT2D eigenvalue weighted by Gasteiger charge is -2.07. The highest BCUT2D eigenvalue weighted by Gasteiger charge is 2.18. The Hall–Kier alpha value is -3.02. The molecule has 0 bridgehead atoms. The van der Waals surface area contributed by atoms with Crippen LogP contribution in [-0.4, -0.2) is 29.5 Å². The molecule has 6 nitrogen and oxygen atoms in total. The van der Waals surface area contributed by atoms with E-state index >= 15 is 0 Å². The molecule has 0 spiro atoms. The van der Waals surface area contributed by atoms with Crippen LogP contribution in [-0.2, 0) is 14.1 Å². The lowest BCUT2D eigenvalue weighted by molar-refractivity contribution is 0.748. The van der Waals surface area contributed by atoms with E-state index in [1.165, 1.54) is 0 Å². The van der Waals surface area contributed by atoms with E-state index in [-0.39, 0.29) is 0 Å². The Labute approximate surface area is 146 Å². The zero-order valence-corrected chi connectivity index (χ0v) is 15.1. The molecular formula is C19H20N6. The van der Waals surface area contributed by atoms with Gasteiger partial charge >= 0.3 is 0 Å². The maximum Gasteiger partial charge on any atom is 0.182 e. The summed E-state index contributed by atoms with van der Waals surface area (Å²) in [4.78, 5) is 9.42. The van der Waals surface area contributed by atoms with E-state index in [0.717, 1.165) is 50.5 Å². The van der Waals surface area contributed by atoms with Crippen LogP contribution in [0.15, 0.2) is 30.6 Å². The zero-order chi connectivity index (χ0) is 17.7. The number of rotatable bonds is 2. The Morgan fingerprint density at radius 2 is 1.72 bits per heavy atom. The predicted octanol–water partition coefficient (Wildman–Crippen LogP) is 3.36. The van der Waals surface area contributed by atoms with Gasteiger partial charge in [0.05, 0.1) is 22.5 Å². The Morgan fingerprint density at radius 3 is 2.36 bits per heavy atom. The number of fused-ring (bicyclic) bond motifs is 1. The number of pyridine rings is 2. The molecule has 0 aliphatic heterocycles. The lowest BCUT2D eigenvalue weighted by Crippen LogP contribution is -1.92. The van der Waals surface area contributed by atoms with E-state index in [1.807, 2.05) is 49.7 Å². The van der Waals surface area contributed by atoms with Gasteiger partial charge in [-0.1, -0.05) is 6.07 Å². The van der Waals surface area contributed by atoms with Gasteiger partial charge in [0.25, 0.3) is 0 Å². The van der Waals surface area contributed by atoms with Gasteiger partial charge in [-0.25, -0.2) is 4.98 Å². The summed E-state index contributed by atoms with van der Waals surface area (Å²) in [6.45, 7) is 6.09. The molecule has 4 aromatic rings. The van der Waals surface area contributed by atoms with Crippen molar-refractivity contribution < 1.29 is 0 Å². The maximum absolute atomic E-state index is 4.79. The van der Waals surface area contributed by atoms with Crippen LogP contribution in [0.5, 0.6) is 0 Å². The molecule has 25 heavy (non-hydrogen) atoms. The number of hydrogen-bond acceptors (Lipinski definition) is 4. The summed E-state index contributed by atoms with van der Waals surface area (Å²) in [7, 11) is 3.86. The number of nitrogens with zero attached hydrogens (tertiary/aromatic N) is 6. The second-order valence-electron chi connectivity index (χ2n) is 6.49. The summed E-state index contributed by atoms with van der Waals surface area (Å²) < 4.78 is 3.68. The summed E-state index contributed by atoms with van der Waals surface area (Å²) >= 11 is 0. The van der Waals surface area contributed by atoms with Crippen molar-refractivity contribution in [1.82, 2.24) is 29.5 Å². The smallest absolute Gasteiger partial charge is 0.182 e. The van der Waals surface area contributed by atoms with Gasteiger partial charge in [-0.05, 0) is 38.5 Å². The molecule has 0 radical (unpaired) electrons. The van der Waals surface area contributed by atoms with Gasteiger partial charge in [0.1, 0.15) is 0 Å². The average Bonchev–Trinajstić information content (AvgIpc) is 3.06. The van der Waals surface area contributed by atoms with Gasteiger partial charge in [0, 0.05) is 43.3 Å². The molecule has 0 saturated carbocycles. The molecule has 0 amide bonds. The van der Waals surface area contributed by atoms with Crippen molar-refractivity contribution in [3.8, 4) is 22.5 Å². The minimum absolute atomic E-state index is 0.734. The van der Waals surface area contributed by atoms with Gasteiger partial charge in [0.2, 0.25) is 0 Å². The van der Waals surface area contributed by atoms with Crippen molar-refractivity contribution in [3.05, 3.63) is 47.5 Å². The molecule has 6 heteroatoms. The molecule has 0 aliphatic carbocycles. The van der Waals surface area contributed by atoms with Crippen molar-refractivity contribution in [2.45, 2.75) is 20.8 Å². The van der Waals surface area contributed by atoms with E-state index in [2.05, 4.69) is 40.3 Å². The van der Waals surface area contributed by atoms with Crippen LogP contribution in [0.2, 0.25) is 0 Å². The molecule has 4 aromatic heterocycles. The normalized spacial score (nSPS) is 11.4. The first-order chi connectivity index (χ1) is 11.9. The molecule has 4 rings (SSSR count). The molecule has 0 fully saturated rings. The summed E-state index contributed by atoms with van der Waals surface area (Å²) in [6.07, 6.45) is 3.88. The van der Waals surface area contributed by atoms with Crippen molar-refractivity contribution >= 4 is 11.0 Å². The molecule has 0 N–H and O–H groups in total. The average molecular weight is 332 g/mol. The Kier molecular flexibility index (Phi) is 3.42. The van der Waals surface area contributed by atoms with Crippen LogP contribution in [0.1, 0.15) is 17.0 Å². The van der Waals surface area contributed by atoms with E-state index < -0.39 is 0 Å². The maximum atomic E-state index is 4.79. The molecule has 0 atom stereocenters. The first-order valence-electron chi connectivity index (χ1n) is 8.22.